The van der Waals surface area contributed by atoms with Gasteiger partial charge in [0, 0.05) is 20.6 Å². The van der Waals surface area contributed by atoms with Crippen LogP contribution in [0.15, 0.2) is 0 Å². The van der Waals surface area contributed by atoms with Gasteiger partial charge in [-0.2, -0.15) is 0 Å². The second kappa shape index (κ2) is 14.3. The van der Waals surface area contributed by atoms with E-state index in [4.69, 9.17) is 14.6 Å². The van der Waals surface area contributed by atoms with Gasteiger partial charge < -0.3 is 35.8 Å². The number of amides is 4. The molecule has 0 saturated carbocycles. The fraction of sp³-hybridized carbons (Fsp3) is 0.706. The van der Waals surface area contributed by atoms with Crippen LogP contribution in [0.5, 0.6) is 0 Å². The standard InChI is InChI=1S/C17H30N4O8/c1-10(19-12(3)22)15(25)20-11(2)16(26)21-13(9-14(23)24)17(27)18-5-6-29-8-7-28-4/h10-11,13H,5-9H2,1-4H3,(H,18,27)(H,19,22)(H,20,25)(H,21,26)(H,23,24)/t10-,11+,13-/m0/s1. The lowest BCUT2D eigenvalue weighted by atomic mass is 10.1. The third-order valence-corrected chi connectivity index (χ3v) is 3.55. The minimum absolute atomic E-state index is 0.120. The van der Waals surface area contributed by atoms with Gasteiger partial charge in [-0.3, -0.25) is 24.0 Å². The smallest absolute Gasteiger partial charge is 0.305 e. The zero-order chi connectivity index (χ0) is 22.4. The first-order valence-corrected chi connectivity index (χ1v) is 9.02. The Morgan fingerprint density at radius 2 is 1.45 bits per heavy atom. The molecular formula is C17H30N4O8. The van der Waals surface area contributed by atoms with E-state index in [1.54, 1.807) is 0 Å². The number of ether oxygens (including phenoxy) is 2. The number of methoxy groups -OCH3 is 1. The first-order chi connectivity index (χ1) is 13.6. The molecule has 0 spiro atoms. The Hall–Kier alpha value is -2.73. The number of hydrogen-bond acceptors (Lipinski definition) is 7. The summed E-state index contributed by atoms with van der Waals surface area (Å²) >= 11 is 0. The molecule has 0 saturated heterocycles. The van der Waals surface area contributed by atoms with Crippen LogP contribution in [-0.4, -0.2) is 86.3 Å². The van der Waals surface area contributed by atoms with E-state index in [2.05, 4.69) is 21.3 Å². The van der Waals surface area contributed by atoms with Gasteiger partial charge in [0.05, 0.1) is 26.2 Å². The fourth-order valence-corrected chi connectivity index (χ4v) is 2.07. The predicted molar refractivity (Wildman–Crippen MR) is 101 cm³/mol. The molecule has 0 aliphatic carbocycles. The summed E-state index contributed by atoms with van der Waals surface area (Å²) in [5, 5.41) is 18.5. The average Bonchev–Trinajstić information content (AvgIpc) is 2.62. The highest BCUT2D eigenvalue weighted by molar-refractivity contribution is 5.94. The third-order valence-electron chi connectivity index (χ3n) is 3.55. The van der Waals surface area contributed by atoms with Gasteiger partial charge in [0.15, 0.2) is 0 Å². The Morgan fingerprint density at radius 1 is 0.862 bits per heavy atom. The second-order valence-corrected chi connectivity index (χ2v) is 6.21. The molecule has 0 rings (SSSR count). The third kappa shape index (κ3) is 12.4. The molecule has 0 heterocycles. The Labute approximate surface area is 169 Å². The molecule has 0 radical (unpaired) electrons. The number of carboxylic acids is 1. The molecule has 0 aliphatic heterocycles. The Kier molecular flexibility index (Phi) is 12.9. The van der Waals surface area contributed by atoms with Gasteiger partial charge in [0.1, 0.15) is 18.1 Å². The van der Waals surface area contributed by atoms with Crippen LogP contribution in [0.2, 0.25) is 0 Å². The van der Waals surface area contributed by atoms with Crippen molar-refractivity contribution in [2.24, 2.45) is 0 Å². The minimum atomic E-state index is -1.33. The summed E-state index contributed by atoms with van der Waals surface area (Å²) in [6.45, 7) is 5.11. The highest BCUT2D eigenvalue weighted by atomic mass is 16.5. The summed E-state index contributed by atoms with van der Waals surface area (Å²) in [6, 6.07) is -3.25. The van der Waals surface area contributed by atoms with Gasteiger partial charge in [-0.15, -0.1) is 0 Å². The lowest BCUT2D eigenvalue weighted by Crippen LogP contribution is -2.55. The predicted octanol–water partition coefficient (Wildman–Crippen LogP) is -2.25. The van der Waals surface area contributed by atoms with Crippen LogP contribution in [-0.2, 0) is 33.4 Å². The molecule has 0 aliphatic rings. The largest absolute Gasteiger partial charge is 0.481 e. The van der Waals surface area contributed by atoms with Gasteiger partial charge in [-0.05, 0) is 13.8 Å². The minimum Gasteiger partial charge on any atom is -0.481 e. The van der Waals surface area contributed by atoms with Crippen LogP contribution in [0.3, 0.4) is 0 Å². The highest BCUT2D eigenvalue weighted by Gasteiger charge is 2.27. The molecule has 0 fully saturated rings. The normalized spacial score (nSPS) is 13.5. The van der Waals surface area contributed by atoms with Crippen molar-refractivity contribution in [2.45, 2.75) is 45.3 Å². The van der Waals surface area contributed by atoms with Gasteiger partial charge in [-0.25, -0.2) is 0 Å². The number of hydrogen-bond donors (Lipinski definition) is 5. The highest BCUT2D eigenvalue weighted by Crippen LogP contribution is 1.96. The Balaban J connectivity index is 4.64. The molecule has 12 heteroatoms. The van der Waals surface area contributed by atoms with E-state index in [1.165, 1.54) is 27.9 Å². The van der Waals surface area contributed by atoms with Crippen molar-refractivity contribution < 1.29 is 38.6 Å². The summed E-state index contributed by atoms with van der Waals surface area (Å²) in [4.78, 5) is 58.3. The molecule has 3 atom stereocenters. The van der Waals surface area contributed by atoms with Crippen LogP contribution >= 0.6 is 0 Å². The SMILES string of the molecule is COCCOCCNC(=O)[C@H](CC(=O)O)NC(=O)[C@@H](C)NC(=O)[C@H](C)NC(C)=O. The molecule has 4 amide bonds. The van der Waals surface area contributed by atoms with Crippen molar-refractivity contribution in [3.8, 4) is 0 Å². The Morgan fingerprint density at radius 3 is 2.00 bits per heavy atom. The summed E-state index contributed by atoms with van der Waals surface area (Å²) in [5.41, 5.74) is 0. The van der Waals surface area contributed by atoms with Gasteiger partial charge in [0.2, 0.25) is 23.6 Å². The fourth-order valence-electron chi connectivity index (χ4n) is 2.07. The lowest BCUT2D eigenvalue weighted by Gasteiger charge is -2.21. The van der Waals surface area contributed by atoms with Crippen LogP contribution in [0.25, 0.3) is 0 Å². The molecule has 0 aromatic rings. The van der Waals surface area contributed by atoms with E-state index < -0.39 is 54.1 Å². The molecule has 12 nitrogen and oxygen atoms in total. The van der Waals surface area contributed by atoms with Crippen LogP contribution < -0.4 is 21.3 Å². The second-order valence-electron chi connectivity index (χ2n) is 6.21. The summed E-state index contributed by atoms with van der Waals surface area (Å²) in [6.07, 6.45) is -0.634. The number of rotatable bonds is 14. The first kappa shape index (κ1) is 26.3. The summed E-state index contributed by atoms with van der Waals surface area (Å²) < 4.78 is 9.98. The van der Waals surface area contributed by atoms with Crippen molar-refractivity contribution >= 4 is 29.6 Å². The number of aliphatic carboxylic acids is 1. The molecule has 0 aromatic heterocycles. The topological polar surface area (TPSA) is 172 Å². The van der Waals surface area contributed by atoms with Crippen molar-refractivity contribution in [3.05, 3.63) is 0 Å². The maximum atomic E-state index is 12.2. The van der Waals surface area contributed by atoms with Crippen molar-refractivity contribution in [2.75, 3.05) is 33.5 Å². The van der Waals surface area contributed by atoms with Gasteiger partial charge >= 0.3 is 5.97 Å². The number of carbonyl (C=O) groups is 5. The van der Waals surface area contributed by atoms with Crippen LogP contribution in [0.1, 0.15) is 27.2 Å². The van der Waals surface area contributed by atoms with E-state index >= 15 is 0 Å². The molecule has 29 heavy (non-hydrogen) atoms. The number of carboxylic acid groups (broad SMARTS) is 1. The molecule has 166 valence electrons. The van der Waals surface area contributed by atoms with Crippen molar-refractivity contribution in [1.82, 2.24) is 21.3 Å². The van der Waals surface area contributed by atoms with Gasteiger partial charge in [-0.1, -0.05) is 0 Å². The maximum absolute atomic E-state index is 12.2. The Bertz CT molecular complexity index is 584. The van der Waals surface area contributed by atoms with E-state index in [1.807, 2.05) is 0 Å². The quantitative estimate of drug-likeness (QED) is 0.197. The zero-order valence-electron chi connectivity index (χ0n) is 17.1. The molecule has 5 N–H and O–H groups in total. The lowest BCUT2D eigenvalue weighted by molar-refractivity contribution is -0.141. The maximum Gasteiger partial charge on any atom is 0.305 e. The molecular weight excluding hydrogens is 388 g/mol. The van der Waals surface area contributed by atoms with Crippen LogP contribution in [0, 0.1) is 0 Å². The van der Waals surface area contributed by atoms with Crippen molar-refractivity contribution in [3.63, 3.8) is 0 Å². The average molecular weight is 418 g/mol. The number of nitrogens with one attached hydrogen (secondary N) is 4. The van der Waals surface area contributed by atoms with Gasteiger partial charge in [0.25, 0.3) is 0 Å². The van der Waals surface area contributed by atoms with Crippen LogP contribution in [0.4, 0.5) is 0 Å². The number of carbonyl (C=O) groups excluding carboxylic acids is 4. The summed E-state index contributed by atoms with van der Waals surface area (Å²) in [7, 11) is 1.52. The summed E-state index contributed by atoms with van der Waals surface area (Å²) in [5.74, 6) is -3.73. The first-order valence-electron chi connectivity index (χ1n) is 9.02. The molecule has 0 bridgehead atoms. The van der Waals surface area contributed by atoms with Crippen molar-refractivity contribution in [1.29, 1.82) is 0 Å². The molecule has 0 aromatic carbocycles. The van der Waals surface area contributed by atoms with E-state index in [9.17, 15) is 24.0 Å². The molecule has 0 unspecified atom stereocenters. The van der Waals surface area contributed by atoms with E-state index in [0.29, 0.717) is 13.2 Å². The van der Waals surface area contributed by atoms with E-state index in [-0.39, 0.29) is 13.2 Å². The van der Waals surface area contributed by atoms with E-state index in [0.717, 1.165) is 0 Å². The zero-order valence-corrected chi connectivity index (χ0v) is 17.1. The monoisotopic (exact) mass is 418 g/mol.